The van der Waals surface area contributed by atoms with Crippen LogP contribution in [0.2, 0.25) is 0 Å². The van der Waals surface area contributed by atoms with E-state index in [2.05, 4.69) is 29.5 Å². The lowest BCUT2D eigenvalue weighted by Crippen LogP contribution is -2.40. The van der Waals surface area contributed by atoms with Crippen LogP contribution in [0.25, 0.3) is 11.3 Å². The van der Waals surface area contributed by atoms with E-state index in [9.17, 15) is 0 Å². The fraction of sp³-hybridized carbons (Fsp3) is 0.312. The average Bonchev–Trinajstić information content (AvgIpc) is 2.93. The molecule has 0 radical (unpaired) electrons. The molecule has 0 aliphatic rings. The van der Waals surface area contributed by atoms with E-state index in [4.69, 9.17) is 4.42 Å². The Balaban J connectivity index is 0.00000220. The summed E-state index contributed by atoms with van der Waals surface area (Å²) in [5.41, 5.74) is 1.09. The number of benzene rings is 1. The summed E-state index contributed by atoms with van der Waals surface area (Å²) < 4.78 is 5.82. The number of nitrogens with zero attached hydrogens (tertiary/aromatic N) is 1. The Morgan fingerprint density at radius 1 is 1.14 bits per heavy atom. The van der Waals surface area contributed by atoms with Gasteiger partial charge in [0.25, 0.3) is 0 Å². The first-order chi connectivity index (χ1) is 9.69. The lowest BCUT2D eigenvalue weighted by molar-refractivity contribution is 0.512. The van der Waals surface area contributed by atoms with E-state index in [1.807, 2.05) is 42.5 Å². The van der Waals surface area contributed by atoms with Crippen molar-refractivity contribution in [1.82, 2.24) is 10.6 Å². The minimum atomic E-state index is 0. The van der Waals surface area contributed by atoms with E-state index < -0.39 is 0 Å². The molecule has 0 amide bonds. The van der Waals surface area contributed by atoms with Gasteiger partial charge in [0, 0.05) is 18.7 Å². The monoisotopic (exact) mass is 399 g/mol. The van der Waals surface area contributed by atoms with Crippen molar-refractivity contribution in [2.45, 2.75) is 26.4 Å². The highest BCUT2D eigenvalue weighted by molar-refractivity contribution is 14.0. The zero-order valence-electron chi connectivity index (χ0n) is 12.6. The Hall–Kier alpha value is -1.50. The van der Waals surface area contributed by atoms with Gasteiger partial charge in [0.2, 0.25) is 0 Å². The minimum Gasteiger partial charge on any atom is -0.459 e. The summed E-state index contributed by atoms with van der Waals surface area (Å²) in [7, 11) is 1.76. The van der Waals surface area contributed by atoms with Gasteiger partial charge in [-0.1, -0.05) is 30.3 Å². The number of furan rings is 1. The lowest BCUT2D eigenvalue weighted by atomic mass is 10.2. The van der Waals surface area contributed by atoms with E-state index in [0.29, 0.717) is 12.6 Å². The standard InChI is InChI=1S/C16H21N3O.HI/c1-12(2)19-16(17-3)18-11-14-9-10-15(20-14)13-7-5-4-6-8-13;/h4-10,12H,11H2,1-3H3,(H2,17,18,19);1H. The zero-order chi connectivity index (χ0) is 14.4. The molecule has 0 aliphatic heterocycles. The normalized spacial score (nSPS) is 11.1. The van der Waals surface area contributed by atoms with Gasteiger partial charge in [-0.2, -0.15) is 0 Å². The number of aliphatic imine (C=N–C) groups is 1. The molecule has 0 atom stereocenters. The van der Waals surface area contributed by atoms with Crippen LogP contribution in [-0.4, -0.2) is 19.0 Å². The second-order valence-corrected chi connectivity index (χ2v) is 4.86. The number of nitrogens with one attached hydrogen (secondary N) is 2. The SMILES string of the molecule is CN=C(NCc1ccc(-c2ccccc2)o1)NC(C)C.I. The summed E-state index contributed by atoms with van der Waals surface area (Å²) in [4.78, 5) is 4.16. The molecule has 0 saturated heterocycles. The van der Waals surface area contributed by atoms with Crippen LogP contribution in [0.5, 0.6) is 0 Å². The molecule has 21 heavy (non-hydrogen) atoms. The van der Waals surface area contributed by atoms with Crippen molar-refractivity contribution in [1.29, 1.82) is 0 Å². The molecule has 1 aromatic heterocycles. The van der Waals surface area contributed by atoms with Gasteiger partial charge in [0.05, 0.1) is 6.54 Å². The molecule has 0 saturated carbocycles. The number of hydrogen-bond acceptors (Lipinski definition) is 2. The zero-order valence-corrected chi connectivity index (χ0v) is 14.9. The quantitative estimate of drug-likeness (QED) is 0.469. The van der Waals surface area contributed by atoms with Gasteiger partial charge < -0.3 is 15.1 Å². The summed E-state index contributed by atoms with van der Waals surface area (Å²) in [6, 6.07) is 14.4. The molecule has 4 nitrogen and oxygen atoms in total. The number of halogens is 1. The first-order valence-electron chi connectivity index (χ1n) is 6.80. The van der Waals surface area contributed by atoms with Gasteiger partial charge in [0.15, 0.2) is 5.96 Å². The first-order valence-corrected chi connectivity index (χ1v) is 6.80. The van der Waals surface area contributed by atoms with E-state index in [1.54, 1.807) is 7.05 Å². The topological polar surface area (TPSA) is 49.6 Å². The maximum atomic E-state index is 5.82. The van der Waals surface area contributed by atoms with Crippen molar-refractivity contribution in [2.75, 3.05) is 7.05 Å². The Labute approximate surface area is 143 Å². The van der Waals surface area contributed by atoms with Crippen molar-refractivity contribution in [3.8, 4) is 11.3 Å². The van der Waals surface area contributed by atoms with Crippen molar-refractivity contribution < 1.29 is 4.42 Å². The van der Waals surface area contributed by atoms with Crippen LogP contribution < -0.4 is 10.6 Å². The van der Waals surface area contributed by atoms with Gasteiger partial charge >= 0.3 is 0 Å². The van der Waals surface area contributed by atoms with Crippen LogP contribution in [0.15, 0.2) is 51.9 Å². The van der Waals surface area contributed by atoms with Crippen molar-refractivity contribution >= 4 is 29.9 Å². The third-order valence-corrected chi connectivity index (χ3v) is 2.80. The smallest absolute Gasteiger partial charge is 0.191 e. The summed E-state index contributed by atoms with van der Waals surface area (Å²) >= 11 is 0. The van der Waals surface area contributed by atoms with Crippen molar-refractivity contribution in [2.24, 2.45) is 4.99 Å². The van der Waals surface area contributed by atoms with Crippen molar-refractivity contribution in [3.63, 3.8) is 0 Å². The number of rotatable bonds is 4. The minimum absolute atomic E-state index is 0. The van der Waals surface area contributed by atoms with Gasteiger partial charge in [-0.15, -0.1) is 24.0 Å². The van der Waals surface area contributed by atoms with E-state index in [-0.39, 0.29) is 24.0 Å². The summed E-state index contributed by atoms with van der Waals surface area (Å²) in [6.07, 6.45) is 0. The molecular weight excluding hydrogens is 377 g/mol. The molecule has 1 heterocycles. The largest absolute Gasteiger partial charge is 0.459 e. The van der Waals surface area contributed by atoms with E-state index >= 15 is 0 Å². The Bertz CT molecular complexity index is 564. The van der Waals surface area contributed by atoms with Crippen LogP contribution in [0.4, 0.5) is 0 Å². The highest BCUT2D eigenvalue weighted by Crippen LogP contribution is 2.21. The summed E-state index contributed by atoms with van der Waals surface area (Å²) in [6.45, 7) is 4.76. The van der Waals surface area contributed by atoms with E-state index in [0.717, 1.165) is 23.0 Å². The Morgan fingerprint density at radius 3 is 2.48 bits per heavy atom. The summed E-state index contributed by atoms with van der Waals surface area (Å²) in [5, 5.41) is 6.46. The van der Waals surface area contributed by atoms with Crippen LogP contribution >= 0.6 is 24.0 Å². The highest BCUT2D eigenvalue weighted by Gasteiger charge is 2.05. The Kier molecular flexibility index (Phi) is 7.28. The fourth-order valence-electron chi connectivity index (χ4n) is 1.87. The van der Waals surface area contributed by atoms with Gasteiger partial charge in [-0.25, -0.2) is 0 Å². The molecule has 2 N–H and O–H groups in total. The molecule has 0 unspecified atom stereocenters. The van der Waals surface area contributed by atoms with Gasteiger partial charge in [-0.05, 0) is 26.0 Å². The van der Waals surface area contributed by atoms with E-state index in [1.165, 1.54) is 0 Å². The third kappa shape index (κ3) is 5.41. The predicted octanol–water partition coefficient (Wildman–Crippen LogP) is 3.64. The molecular formula is C16H22IN3O. The molecule has 2 rings (SSSR count). The molecule has 0 bridgehead atoms. The molecule has 0 fully saturated rings. The molecule has 5 heteroatoms. The lowest BCUT2D eigenvalue weighted by Gasteiger charge is -2.13. The maximum absolute atomic E-state index is 5.82. The maximum Gasteiger partial charge on any atom is 0.191 e. The number of guanidine groups is 1. The first kappa shape index (κ1) is 17.6. The molecule has 1 aromatic carbocycles. The second-order valence-electron chi connectivity index (χ2n) is 4.86. The molecule has 114 valence electrons. The number of hydrogen-bond donors (Lipinski definition) is 2. The molecule has 2 aromatic rings. The predicted molar refractivity (Wildman–Crippen MR) is 98.0 cm³/mol. The van der Waals surface area contributed by atoms with Crippen LogP contribution in [0, 0.1) is 0 Å². The van der Waals surface area contributed by atoms with Gasteiger partial charge in [-0.3, -0.25) is 4.99 Å². The summed E-state index contributed by atoms with van der Waals surface area (Å²) in [5.74, 6) is 2.54. The average molecular weight is 399 g/mol. The highest BCUT2D eigenvalue weighted by atomic mass is 127. The van der Waals surface area contributed by atoms with Crippen molar-refractivity contribution in [3.05, 3.63) is 48.2 Å². The van der Waals surface area contributed by atoms with Crippen LogP contribution in [-0.2, 0) is 6.54 Å². The Morgan fingerprint density at radius 2 is 1.86 bits per heavy atom. The third-order valence-electron chi connectivity index (χ3n) is 2.80. The fourth-order valence-corrected chi connectivity index (χ4v) is 1.87. The van der Waals surface area contributed by atoms with Crippen LogP contribution in [0.3, 0.4) is 0 Å². The van der Waals surface area contributed by atoms with Crippen LogP contribution in [0.1, 0.15) is 19.6 Å². The molecule has 0 aliphatic carbocycles. The molecule has 0 spiro atoms. The van der Waals surface area contributed by atoms with Gasteiger partial charge in [0.1, 0.15) is 11.5 Å². The second kappa shape index (κ2) is 8.71.